The Morgan fingerprint density at radius 1 is 1.17 bits per heavy atom. The van der Waals surface area contributed by atoms with Crippen molar-refractivity contribution in [2.45, 2.75) is 4.90 Å². The Bertz CT molecular complexity index is 1050. The fourth-order valence-corrected chi connectivity index (χ4v) is 4.14. The molecular formula is C22H23N5O2S. The lowest BCUT2D eigenvalue weighted by molar-refractivity contribution is 0.122. The highest BCUT2D eigenvalue weighted by molar-refractivity contribution is 7.98. The molecule has 0 spiro atoms. The highest BCUT2D eigenvalue weighted by Crippen LogP contribution is 2.38. The summed E-state index contributed by atoms with van der Waals surface area (Å²) in [4.78, 5) is 24.1. The molecule has 1 aliphatic rings. The number of benzene rings is 2. The molecule has 1 aliphatic heterocycles. The molecule has 0 aliphatic carbocycles. The molecule has 3 N–H and O–H groups in total. The number of amides is 2. The molecule has 0 atom stereocenters. The van der Waals surface area contributed by atoms with Gasteiger partial charge in [-0.3, -0.25) is 0 Å². The number of morpholine rings is 1. The Morgan fingerprint density at radius 3 is 2.73 bits per heavy atom. The Morgan fingerprint density at radius 2 is 1.97 bits per heavy atom. The summed E-state index contributed by atoms with van der Waals surface area (Å²) in [7, 11) is 0. The zero-order chi connectivity index (χ0) is 20.9. The molecule has 1 saturated heterocycles. The second-order valence-corrected chi connectivity index (χ2v) is 7.64. The van der Waals surface area contributed by atoms with Gasteiger partial charge in [0.1, 0.15) is 5.82 Å². The molecule has 2 amide bonds. The van der Waals surface area contributed by atoms with E-state index < -0.39 is 6.03 Å². The van der Waals surface area contributed by atoms with Gasteiger partial charge in [-0.2, -0.15) is 0 Å². The Labute approximate surface area is 179 Å². The van der Waals surface area contributed by atoms with Crippen LogP contribution in [-0.2, 0) is 4.74 Å². The van der Waals surface area contributed by atoms with Gasteiger partial charge in [-0.25, -0.2) is 14.8 Å². The number of ether oxygens (including phenoxy) is 1. The van der Waals surface area contributed by atoms with Crippen LogP contribution in [0, 0.1) is 0 Å². The Balaban J connectivity index is 1.80. The number of nitrogens with one attached hydrogen (secondary N) is 1. The van der Waals surface area contributed by atoms with Crippen LogP contribution in [-0.4, -0.2) is 48.6 Å². The van der Waals surface area contributed by atoms with Crippen LogP contribution >= 0.6 is 11.8 Å². The van der Waals surface area contributed by atoms with E-state index in [1.807, 2.05) is 48.7 Å². The minimum absolute atomic E-state index is 0.591. The maximum absolute atomic E-state index is 11.3. The maximum Gasteiger partial charge on any atom is 0.316 e. The van der Waals surface area contributed by atoms with E-state index in [1.165, 1.54) is 0 Å². The normalized spacial score (nSPS) is 13.8. The Hall–Kier alpha value is -3.10. The Kier molecular flexibility index (Phi) is 6.15. The second-order valence-electron chi connectivity index (χ2n) is 6.79. The van der Waals surface area contributed by atoms with E-state index in [1.54, 1.807) is 18.0 Å². The average molecular weight is 422 g/mol. The van der Waals surface area contributed by atoms with Gasteiger partial charge in [0.2, 0.25) is 0 Å². The van der Waals surface area contributed by atoms with Gasteiger partial charge in [0.05, 0.1) is 13.2 Å². The summed E-state index contributed by atoms with van der Waals surface area (Å²) in [5, 5.41) is 2.64. The highest BCUT2D eigenvalue weighted by Gasteiger charge is 2.18. The number of hydrogen-bond acceptors (Lipinski definition) is 6. The first kappa shape index (κ1) is 20.2. The first-order chi connectivity index (χ1) is 14.7. The van der Waals surface area contributed by atoms with E-state index >= 15 is 0 Å². The van der Waals surface area contributed by atoms with Crippen LogP contribution < -0.4 is 16.0 Å². The smallest absolute Gasteiger partial charge is 0.316 e. The van der Waals surface area contributed by atoms with Gasteiger partial charge >= 0.3 is 6.03 Å². The number of hydrogen-bond donors (Lipinski definition) is 2. The van der Waals surface area contributed by atoms with E-state index in [-0.39, 0.29) is 0 Å². The van der Waals surface area contributed by atoms with Gasteiger partial charge in [0.15, 0.2) is 5.82 Å². The van der Waals surface area contributed by atoms with Gasteiger partial charge < -0.3 is 20.7 Å². The number of rotatable bonds is 5. The first-order valence-electron chi connectivity index (χ1n) is 9.65. The summed E-state index contributed by atoms with van der Waals surface area (Å²) in [6.07, 6.45) is 3.85. The van der Waals surface area contributed by atoms with Crippen LogP contribution in [0.1, 0.15) is 0 Å². The van der Waals surface area contributed by atoms with E-state index in [2.05, 4.69) is 21.3 Å². The largest absolute Gasteiger partial charge is 0.378 e. The van der Waals surface area contributed by atoms with Crippen molar-refractivity contribution in [3.05, 3.63) is 54.7 Å². The topological polar surface area (TPSA) is 93.4 Å². The highest BCUT2D eigenvalue weighted by atomic mass is 32.2. The van der Waals surface area contributed by atoms with Gasteiger partial charge in [-0.15, -0.1) is 11.8 Å². The van der Waals surface area contributed by atoms with E-state index in [4.69, 9.17) is 15.5 Å². The second kappa shape index (κ2) is 9.15. The SMILES string of the molecule is CSc1cccc(-c2cccc(NC(N)=O)c2)c1-c1nccc(N2CCOCC2)n1. The van der Waals surface area contributed by atoms with E-state index in [9.17, 15) is 4.79 Å². The zero-order valence-electron chi connectivity index (χ0n) is 16.7. The average Bonchev–Trinajstić information content (AvgIpc) is 2.79. The maximum atomic E-state index is 11.3. The third-order valence-corrected chi connectivity index (χ3v) is 5.67. The van der Waals surface area contributed by atoms with Crippen LogP contribution in [0.5, 0.6) is 0 Å². The van der Waals surface area contributed by atoms with Crippen molar-refractivity contribution in [1.82, 2.24) is 9.97 Å². The summed E-state index contributed by atoms with van der Waals surface area (Å²) in [5.74, 6) is 1.57. The molecular weight excluding hydrogens is 398 g/mol. The number of nitrogens with two attached hydrogens (primary N) is 1. The molecule has 4 rings (SSSR count). The standard InChI is InChI=1S/C22H23N5O2S/c1-30-18-7-3-6-17(15-4-2-5-16(14-15)25-22(23)28)20(18)21-24-9-8-19(26-21)27-10-12-29-13-11-27/h2-9,14H,10-13H2,1H3,(H3,23,25,28). The van der Waals surface area contributed by atoms with Gasteiger partial charge in [0.25, 0.3) is 0 Å². The van der Waals surface area contributed by atoms with Crippen LogP contribution in [0.25, 0.3) is 22.5 Å². The molecule has 0 bridgehead atoms. The molecule has 3 aromatic rings. The molecule has 1 fully saturated rings. The van der Waals surface area contributed by atoms with E-state index in [0.717, 1.165) is 40.5 Å². The van der Waals surface area contributed by atoms with Crippen molar-refractivity contribution >= 4 is 29.3 Å². The van der Waals surface area contributed by atoms with Crippen LogP contribution in [0.3, 0.4) is 0 Å². The summed E-state index contributed by atoms with van der Waals surface area (Å²) in [5.41, 5.74) is 8.84. The molecule has 8 heteroatoms. The summed E-state index contributed by atoms with van der Waals surface area (Å²) in [6.45, 7) is 3.03. The summed E-state index contributed by atoms with van der Waals surface area (Å²) in [6, 6.07) is 15.1. The quantitative estimate of drug-likeness (QED) is 0.608. The zero-order valence-corrected chi connectivity index (χ0v) is 17.5. The molecule has 0 saturated carbocycles. The van der Waals surface area contributed by atoms with Crippen LogP contribution in [0.2, 0.25) is 0 Å². The van der Waals surface area contributed by atoms with Crippen molar-refractivity contribution < 1.29 is 9.53 Å². The lowest BCUT2D eigenvalue weighted by atomic mass is 9.98. The molecule has 2 heterocycles. The van der Waals surface area contributed by atoms with Crippen molar-refractivity contribution in [1.29, 1.82) is 0 Å². The molecule has 0 radical (unpaired) electrons. The molecule has 2 aromatic carbocycles. The lowest BCUT2D eigenvalue weighted by Gasteiger charge is -2.28. The van der Waals surface area contributed by atoms with Crippen LogP contribution in [0.15, 0.2) is 59.6 Å². The van der Waals surface area contributed by atoms with Crippen molar-refractivity contribution in [3.8, 4) is 22.5 Å². The molecule has 7 nitrogen and oxygen atoms in total. The number of nitrogens with zero attached hydrogens (tertiary/aromatic N) is 3. The van der Waals surface area contributed by atoms with Crippen molar-refractivity contribution in [2.24, 2.45) is 5.73 Å². The van der Waals surface area contributed by atoms with Gasteiger partial charge in [-0.05, 0) is 41.6 Å². The molecule has 0 unspecified atom stereocenters. The van der Waals surface area contributed by atoms with Crippen LogP contribution in [0.4, 0.5) is 16.3 Å². The number of carbonyl (C=O) groups is 1. The minimum Gasteiger partial charge on any atom is -0.378 e. The molecule has 154 valence electrons. The van der Waals surface area contributed by atoms with Crippen molar-refractivity contribution in [2.75, 3.05) is 42.8 Å². The fourth-order valence-electron chi connectivity index (χ4n) is 3.52. The number of primary amides is 1. The molecule has 1 aromatic heterocycles. The number of thioether (sulfide) groups is 1. The van der Waals surface area contributed by atoms with Gasteiger partial charge in [0, 0.05) is 35.4 Å². The minimum atomic E-state index is -0.591. The monoisotopic (exact) mass is 421 g/mol. The number of carbonyl (C=O) groups excluding carboxylic acids is 1. The fraction of sp³-hybridized carbons (Fsp3) is 0.227. The van der Waals surface area contributed by atoms with Crippen molar-refractivity contribution in [3.63, 3.8) is 0 Å². The predicted molar refractivity (Wildman–Crippen MR) is 121 cm³/mol. The third kappa shape index (κ3) is 4.39. The number of urea groups is 1. The predicted octanol–water partition coefficient (Wildman–Crippen LogP) is 3.86. The summed E-state index contributed by atoms with van der Waals surface area (Å²) < 4.78 is 5.46. The summed E-state index contributed by atoms with van der Waals surface area (Å²) >= 11 is 1.65. The van der Waals surface area contributed by atoms with Gasteiger partial charge in [-0.1, -0.05) is 24.3 Å². The molecule has 30 heavy (non-hydrogen) atoms. The number of aromatic nitrogens is 2. The third-order valence-electron chi connectivity index (χ3n) is 4.89. The lowest BCUT2D eigenvalue weighted by Crippen LogP contribution is -2.36. The number of anilines is 2. The van der Waals surface area contributed by atoms with E-state index in [0.29, 0.717) is 24.7 Å². The first-order valence-corrected chi connectivity index (χ1v) is 10.9.